The van der Waals surface area contributed by atoms with E-state index in [4.69, 9.17) is 14.5 Å². The van der Waals surface area contributed by atoms with Crippen LogP contribution < -0.4 is 0 Å². The Morgan fingerprint density at radius 1 is 1.18 bits per heavy atom. The van der Waals surface area contributed by atoms with Crippen LogP contribution >= 0.6 is 0 Å². The van der Waals surface area contributed by atoms with E-state index in [0.29, 0.717) is 12.7 Å². The summed E-state index contributed by atoms with van der Waals surface area (Å²) in [6, 6.07) is 0. The molecule has 1 saturated carbocycles. The van der Waals surface area contributed by atoms with E-state index in [2.05, 4.69) is 32.6 Å². The summed E-state index contributed by atoms with van der Waals surface area (Å²) in [4.78, 5) is 24.3. The van der Waals surface area contributed by atoms with Crippen molar-refractivity contribution in [3.05, 3.63) is 0 Å². The largest absolute Gasteiger partial charge is 0.381 e. The van der Waals surface area contributed by atoms with Crippen LogP contribution in [0.1, 0.15) is 53.9 Å². The van der Waals surface area contributed by atoms with Crippen molar-refractivity contribution >= 4 is 5.78 Å². The molecular weight excluding hydrogens is 282 g/mol. The Hall–Kier alpha value is -0.490. The first kappa shape index (κ1) is 17.9. The molecule has 2 unspecified atom stereocenters. The van der Waals surface area contributed by atoms with Crippen molar-refractivity contribution in [3.8, 4) is 0 Å². The second-order valence-corrected chi connectivity index (χ2v) is 7.95. The molecule has 2 atom stereocenters. The van der Waals surface area contributed by atoms with E-state index >= 15 is 0 Å². The first-order chi connectivity index (χ1) is 10.2. The van der Waals surface area contributed by atoms with Crippen LogP contribution in [-0.2, 0) is 19.3 Å². The van der Waals surface area contributed by atoms with Gasteiger partial charge in [0.2, 0.25) is 0 Å². The molecule has 22 heavy (non-hydrogen) atoms. The van der Waals surface area contributed by atoms with Crippen LogP contribution in [0, 0.1) is 5.92 Å². The zero-order chi connectivity index (χ0) is 16.5. The van der Waals surface area contributed by atoms with E-state index in [-0.39, 0.29) is 28.9 Å². The van der Waals surface area contributed by atoms with Gasteiger partial charge in [0, 0.05) is 30.7 Å². The van der Waals surface area contributed by atoms with Gasteiger partial charge in [-0.3, -0.25) is 9.69 Å². The minimum atomic E-state index is -0.0299. The molecule has 1 heterocycles. The van der Waals surface area contributed by atoms with Crippen LogP contribution in [0.5, 0.6) is 0 Å². The maximum atomic E-state index is 11.2. The normalized spacial score (nSPS) is 31.2. The van der Waals surface area contributed by atoms with E-state index in [1.165, 1.54) is 0 Å². The molecule has 128 valence electrons. The quantitative estimate of drug-likeness (QED) is 0.411. The van der Waals surface area contributed by atoms with Gasteiger partial charge in [-0.05, 0) is 53.9 Å². The molecule has 0 aromatic rings. The smallest absolute Gasteiger partial charge is 0.135 e. The SMILES string of the molecule is COC1CC(C)(C)N(CCOOC2CC2C(C)=O)C(C)(C)C1. The summed E-state index contributed by atoms with van der Waals surface area (Å²) in [6.45, 7) is 12.0. The Kier molecular flexibility index (Phi) is 5.32. The lowest BCUT2D eigenvalue weighted by atomic mass is 9.78. The van der Waals surface area contributed by atoms with Crippen LogP contribution in [0.3, 0.4) is 0 Å². The fourth-order valence-corrected chi connectivity index (χ4v) is 3.97. The van der Waals surface area contributed by atoms with Crippen molar-refractivity contribution in [2.75, 3.05) is 20.3 Å². The number of carbonyl (C=O) groups is 1. The number of hydrogen-bond acceptors (Lipinski definition) is 5. The lowest BCUT2D eigenvalue weighted by Gasteiger charge is -2.55. The first-order valence-corrected chi connectivity index (χ1v) is 8.26. The summed E-state index contributed by atoms with van der Waals surface area (Å²) in [5.74, 6) is 0.239. The van der Waals surface area contributed by atoms with Gasteiger partial charge in [-0.2, -0.15) is 0 Å². The Labute approximate surface area is 134 Å². The molecule has 1 aliphatic carbocycles. The van der Waals surface area contributed by atoms with Gasteiger partial charge in [-0.1, -0.05) is 0 Å². The second-order valence-electron chi connectivity index (χ2n) is 7.95. The van der Waals surface area contributed by atoms with Gasteiger partial charge in [-0.25, -0.2) is 9.78 Å². The van der Waals surface area contributed by atoms with Gasteiger partial charge < -0.3 is 4.74 Å². The van der Waals surface area contributed by atoms with Crippen LogP contribution in [0.4, 0.5) is 0 Å². The van der Waals surface area contributed by atoms with Gasteiger partial charge in [-0.15, -0.1) is 0 Å². The maximum absolute atomic E-state index is 11.2. The van der Waals surface area contributed by atoms with Gasteiger partial charge in [0.05, 0.1) is 12.7 Å². The molecule has 0 radical (unpaired) electrons. The Morgan fingerprint density at radius 2 is 1.77 bits per heavy atom. The number of methoxy groups -OCH3 is 1. The monoisotopic (exact) mass is 313 g/mol. The summed E-state index contributed by atoms with van der Waals surface area (Å²) in [7, 11) is 1.80. The molecule has 0 spiro atoms. The Bertz CT molecular complexity index is 389. The first-order valence-electron chi connectivity index (χ1n) is 8.26. The lowest BCUT2D eigenvalue weighted by Crippen LogP contribution is -2.62. The van der Waals surface area contributed by atoms with Crippen LogP contribution in [-0.4, -0.2) is 54.2 Å². The molecule has 0 amide bonds. The third kappa shape index (κ3) is 4.07. The number of rotatable bonds is 7. The molecule has 5 heteroatoms. The van der Waals surface area contributed by atoms with E-state index in [1.807, 2.05) is 0 Å². The number of piperidine rings is 1. The van der Waals surface area contributed by atoms with Crippen LogP contribution in [0.15, 0.2) is 0 Å². The van der Waals surface area contributed by atoms with E-state index in [0.717, 1.165) is 25.8 Å². The number of ketones is 1. The maximum Gasteiger partial charge on any atom is 0.135 e. The standard InChI is InChI=1S/C17H31NO4/c1-12(19)14-9-15(14)22-21-8-7-18-16(2,3)10-13(20-6)11-17(18,4)5/h13-15H,7-11H2,1-6H3. The highest BCUT2D eigenvalue weighted by Crippen LogP contribution is 2.39. The summed E-state index contributed by atoms with van der Waals surface area (Å²) in [5.41, 5.74) is 0.126. The molecule has 1 saturated heterocycles. The van der Waals surface area contributed by atoms with Gasteiger partial charge >= 0.3 is 0 Å². The van der Waals surface area contributed by atoms with Crippen molar-refractivity contribution in [1.82, 2.24) is 4.90 Å². The average Bonchev–Trinajstić information content (AvgIpc) is 3.15. The molecule has 0 bridgehead atoms. The third-order valence-electron chi connectivity index (χ3n) is 5.09. The van der Waals surface area contributed by atoms with Crippen molar-refractivity contribution < 1.29 is 19.3 Å². The third-order valence-corrected chi connectivity index (χ3v) is 5.09. The summed E-state index contributed by atoms with van der Waals surface area (Å²) < 4.78 is 5.60. The number of likely N-dealkylation sites (tertiary alicyclic amines) is 1. The van der Waals surface area contributed by atoms with E-state index in [9.17, 15) is 4.79 Å². The van der Waals surface area contributed by atoms with Gasteiger partial charge in [0.1, 0.15) is 11.9 Å². The number of nitrogens with zero attached hydrogens (tertiary/aromatic N) is 1. The van der Waals surface area contributed by atoms with E-state index in [1.54, 1.807) is 14.0 Å². The summed E-state index contributed by atoms with van der Waals surface area (Å²) in [6.07, 6.45) is 3.11. The number of carbonyl (C=O) groups excluding carboxylic acids is 1. The van der Waals surface area contributed by atoms with Crippen molar-refractivity contribution in [1.29, 1.82) is 0 Å². The van der Waals surface area contributed by atoms with Gasteiger partial charge in [0.15, 0.2) is 0 Å². The highest BCUT2D eigenvalue weighted by Gasteiger charge is 2.46. The molecule has 0 aromatic carbocycles. The number of Topliss-reactive ketones (excluding diaryl/α,β-unsaturated/α-hetero) is 1. The molecule has 0 aromatic heterocycles. The Balaban J connectivity index is 1.79. The topological polar surface area (TPSA) is 48.0 Å². The number of ether oxygens (including phenoxy) is 1. The van der Waals surface area contributed by atoms with E-state index < -0.39 is 0 Å². The van der Waals surface area contributed by atoms with Crippen LogP contribution in [0.2, 0.25) is 0 Å². The predicted molar refractivity (Wildman–Crippen MR) is 84.5 cm³/mol. The zero-order valence-electron chi connectivity index (χ0n) is 14.8. The fraction of sp³-hybridized carbons (Fsp3) is 0.941. The molecule has 0 N–H and O–H groups in total. The molecule has 2 aliphatic rings. The fourth-order valence-electron chi connectivity index (χ4n) is 3.97. The van der Waals surface area contributed by atoms with Crippen molar-refractivity contribution in [3.63, 3.8) is 0 Å². The molecule has 1 aliphatic heterocycles. The van der Waals surface area contributed by atoms with Crippen molar-refractivity contribution in [2.45, 2.75) is 77.2 Å². The second kappa shape index (κ2) is 6.56. The summed E-state index contributed by atoms with van der Waals surface area (Å²) >= 11 is 0. The average molecular weight is 313 g/mol. The van der Waals surface area contributed by atoms with Gasteiger partial charge in [0.25, 0.3) is 0 Å². The minimum Gasteiger partial charge on any atom is -0.381 e. The number of hydrogen-bond donors (Lipinski definition) is 0. The Morgan fingerprint density at radius 3 is 2.23 bits per heavy atom. The summed E-state index contributed by atoms with van der Waals surface area (Å²) in [5, 5.41) is 0. The predicted octanol–water partition coefficient (Wildman–Crippen LogP) is 2.58. The molecule has 2 rings (SSSR count). The highest BCUT2D eigenvalue weighted by atomic mass is 17.2. The van der Waals surface area contributed by atoms with Crippen molar-refractivity contribution in [2.24, 2.45) is 5.92 Å². The zero-order valence-corrected chi connectivity index (χ0v) is 14.8. The van der Waals surface area contributed by atoms with Crippen LogP contribution in [0.25, 0.3) is 0 Å². The molecule has 2 fully saturated rings. The lowest BCUT2D eigenvalue weighted by molar-refractivity contribution is -0.309. The highest BCUT2D eigenvalue weighted by molar-refractivity contribution is 5.81. The minimum absolute atomic E-state index is 0.0299. The molecule has 5 nitrogen and oxygen atoms in total. The molecular formula is C17H31NO4.